The predicted molar refractivity (Wildman–Crippen MR) is 117 cm³/mol. The van der Waals surface area contributed by atoms with Gasteiger partial charge in [0.25, 0.3) is 10.2 Å². The molecular weight excluding hydrogens is 434 g/mol. The van der Waals surface area contributed by atoms with Crippen molar-refractivity contribution >= 4 is 22.0 Å². The van der Waals surface area contributed by atoms with E-state index in [1.54, 1.807) is 31.8 Å². The molecule has 1 aromatic carbocycles. The van der Waals surface area contributed by atoms with Gasteiger partial charge in [-0.05, 0) is 18.2 Å². The Morgan fingerprint density at radius 1 is 1.28 bits per heavy atom. The molecule has 4 aromatic rings. The number of benzene rings is 1. The van der Waals surface area contributed by atoms with Crippen molar-refractivity contribution < 1.29 is 17.6 Å². The third-order valence-corrected chi connectivity index (χ3v) is 6.75. The van der Waals surface area contributed by atoms with Crippen LogP contribution in [0.5, 0.6) is 5.75 Å². The topological polar surface area (TPSA) is 127 Å². The molecular formula is C20H21N7O4S. The maximum Gasteiger partial charge on any atom is 0.306 e. The van der Waals surface area contributed by atoms with Gasteiger partial charge in [-0.2, -0.15) is 17.7 Å². The lowest BCUT2D eigenvalue weighted by molar-refractivity contribution is 0.415. The molecule has 11 nitrogen and oxygen atoms in total. The van der Waals surface area contributed by atoms with Crippen molar-refractivity contribution in [1.82, 2.24) is 28.4 Å². The molecule has 1 fully saturated rings. The molecule has 4 heterocycles. The van der Waals surface area contributed by atoms with Crippen molar-refractivity contribution in [1.29, 1.82) is 0 Å². The number of rotatable bonds is 7. The van der Waals surface area contributed by atoms with Crippen LogP contribution in [0.4, 0.5) is 5.95 Å². The van der Waals surface area contributed by atoms with Crippen molar-refractivity contribution in [3.05, 3.63) is 49.0 Å². The molecule has 0 saturated carbocycles. The van der Waals surface area contributed by atoms with E-state index >= 15 is 0 Å². The van der Waals surface area contributed by atoms with Gasteiger partial charge >= 0.3 is 5.84 Å². The van der Waals surface area contributed by atoms with Crippen LogP contribution in [0.1, 0.15) is 0 Å². The summed E-state index contributed by atoms with van der Waals surface area (Å²) in [4.78, 5) is 13.5. The molecule has 5 rings (SSSR count). The normalized spacial score (nSPS) is 15.9. The molecule has 0 spiro atoms. The maximum absolute atomic E-state index is 11.9. The number of anilines is 1. The van der Waals surface area contributed by atoms with Crippen LogP contribution in [0.3, 0.4) is 0 Å². The summed E-state index contributed by atoms with van der Waals surface area (Å²) in [5.74, 6) is 1.55. The van der Waals surface area contributed by atoms with Gasteiger partial charge in [0.1, 0.15) is 23.4 Å². The van der Waals surface area contributed by atoms with E-state index in [-0.39, 0.29) is 0 Å². The molecule has 166 valence electrons. The molecule has 1 saturated heterocycles. The van der Waals surface area contributed by atoms with Crippen LogP contribution in [0.25, 0.3) is 28.5 Å². The van der Waals surface area contributed by atoms with Crippen LogP contribution in [-0.4, -0.2) is 65.4 Å². The highest BCUT2D eigenvalue weighted by Crippen LogP contribution is 2.33. The summed E-state index contributed by atoms with van der Waals surface area (Å²) in [6, 6.07) is 9.40. The minimum Gasteiger partial charge on any atom is -0.497 e. The van der Waals surface area contributed by atoms with Gasteiger partial charge in [0.15, 0.2) is 0 Å². The number of nitrogens with one attached hydrogen (secondary N) is 2. The molecule has 0 bridgehead atoms. The average molecular weight is 456 g/mol. The Labute approximate surface area is 184 Å². The molecule has 1 aliphatic heterocycles. The van der Waals surface area contributed by atoms with Crippen LogP contribution >= 0.6 is 0 Å². The summed E-state index contributed by atoms with van der Waals surface area (Å²) in [6.45, 7) is 1.56. The number of ether oxygens (including phenoxy) is 1. The molecule has 3 aromatic heterocycles. The lowest BCUT2D eigenvalue weighted by Crippen LogP contribution is -2.33. The second kappa shape index (κ2) is 8.22. The highest BCUT2D eigenvalue weighted by Gasteiger charge is 2.27. The second-order valence-electron chi connectivity index (χ2n) is 7.09. The number of fused-ring (bicyclic) bond motifs is 1. The molecule has 12 heteroatoms. The van der Waals surface area contributed by atoms with Gasteiger partial charge in [-0.15, -0.1) is 0 Å². The van der Waals surface area contributed by atoms with Crippen molar-refractivity contribution in [2.24, 2.45) is 0 Å². The first-order chi connectivity index (χ1) is 15.5. The average Bonchev–Trinajstić information content (AvgIpc) is 3.48. The Bertz CT molecular complexity index is 1370. The summed E-state index contributed by atoms with van der Waals surface area (Å²) in [5, 5.41) is 3.10. The number of methoxy groups -OCH3 is 1. The summed E-state index contributed by atoms with van der Waals surface area (Å²) < 4.78 is 40.3. The minimum atomic E-state index is -3.37. The number of hydrogen-bond donors (Lipinski definition) is 2. The first-order valence-electron chi connectivity index (χ1n) is 9.97. The van der Waals surface area contributed by atoms with Crippen LogP contribution in [0, 0.1) is 0 Å². The second-order valence-corrected chi connectivity index (χ2v) is 8.84. The molecule has 0 radical (unpaired) electrons. The standard InChI is InChI=1S/C20H21N7O4S/c1-30-15-4-2-3-14(13-15)17-18(27-11-12-31-20(27)25-17)16-5-6-21-19(24-16)22-7-9-26-10-8-23-32(26,28)29/h2-6,11-13,23H,7-10H2,1H3,(H,21,22,24). The van der Waals surface area contributed by atoms with Crippen LogP contribution < -0.4 is 14.8 Å². The fourth-order valence-electron chi connectivity index (χ4n) is 3.61. The third kappa shape index (κ3) is 3.79. The van der Waals surface area contributed by atoms with Gasteiger partial charge in [0.05, 0.1) is 12.8 Å². The molecule has 32 heavy (non-hydrogen) atoms. The molecule has 0 aliphatic carbocycles. The Kier molecular flexibility index (Phi) is 5.25. The Balaban J connectivity index is 1.45. The van der Waals surface area contributed by atoms with E-state index in [1.807, 2.05) is 28.7 Å². The maximum atomic E-state index is 11.9. The number of oxazole rings is 1. The molecule has 1 aliphatic rings. The number of nitrogens with zero attached hydrogens (tertiary/aromatic N) is 5. The van der Waals surface area contributed by atoms with Crippen LogP contribution in [0.2, 0.25) is 0 Å². The Morgan fingerprint density at radius 3 is 3.00 bits per heavy atom. The Morgan fingerprint density at radius 2 is 2.19 bits per heavy atom. The highest BCUT2D eigenvalue weighted by molar-refractivity contribution is 7.87. The van der Waals surface area contributed by atoms with Crippen molar-refractivity contribution in [2.45, 2.75) is 0 Å². The molecule has 2 N–H and O–H groups in total. The van der Waals surface area contributed by atoms with E-state index < -0.39 is 10.2 Å². The van der Waals surface area contributed by atoms with Gasteiger partial charge < -0.3 is 14.5 Å². The lowest BCUT2D eigenvalue weighted by Gasteiger charge is -2.13. The number of hydrogen-bond acceptors (Lipinski definition) is 8. The van der Waals surface area contributed by atoms with Crippen molar-refractivity contribution in [3.8, 4) is 28.4 Å². The Hall–Kier alpha value is -3.48. The van der Waals surface area contributed by atoms with E-state index in [9.17, 15) is 8.42 Å². The van der Waals surface area contributed by atoms with Gasteiger partial charge in [0.2, 0.25) is 5.95 Å². The van der Waals surface area contributed by atoms with Crippen LogP contribution in [0.15, 0.2) is 53.4 Å². The van der Waals surface area contributed by atoms with E-state index in [0.717, 1.165) is 17.0 Å². The van der Waals surface area contributed by atoms with Gasteiger partial charge in [-0.25, -0.2) is 14.7 Å². The van der Waals surface area contributed by atoms with Gasteiger partial charge in [-0.1, -0.05) is 12.1 Å². The fourth-order valence-corrected chi connectivity index (χ4v) is 4.81. The summed E-state index contributed by atoms with van der Waals surface area (Å²) in [7, 11) is -1.76. The smallest absolute Gasteiger partial charge is 0.306 e. The van der Waals surface area contributed by atoms with Gasteiger partial charge in [-0.3, -0.25) is 4.40 Å². The SMILES string of the molecule is COc1cccc(-c2nc3occn3c2-c2ccnc(NCCN3CCNS3(=O)=O)n2)c1. The zero-order chi connectivity index (χ0) is 22.1. The summed E-state index contributed by atoms with van der Waals surface area (Å²) in [6.07, 6.45) is 4.99. The van der Waals surface area contributed by atoms with Crippen molar-refractivity contribution in [3.63, 3.8) is 0 Å². The molecule has 0 unspecified atom stereocenters. The minimum absolute atomic E-state index is 0.316. The quantitative estimate of drug-likeness (QED) is 0.430. The monoisotopic (exact) mass is 455 g/mol. The highest BCUT2D eigenvalue weighted by atomic mass is 32.2. The predicted octanol–water partition coefficient (Wildman–Crippen LogP) is 1.62. The van der Waals surface area contributed by atoms with E-state index in [2.05, 4.69) is 25.0 Å². The number of aromatic nitrogens is 4. The first kappa shape index (κ1) is 20.4. The zero-order valence-corrected chi connectivity index (χ0v) is 18.0. The van der Waals surface area contributed by atoms with E-state index in [0.29, 0.717) is 49.4 Å². The lowest BCUT2D eigenvalue weighted by atomic mass is 10.1. The summed E-state index contributed by atoms with van der Waals surface area (Å²) >= 11 is 0. The van der Waals surface area contributed by atoms with Gasteiger partial charge in [0, 0.05) is 44.1 Å². The summed E-state index contributed by atoms with van der Waals surface area (Å²) in [5.41, 5.74) is 2.95. The third-order valence-electron chi connectivity index (χ3n) is 5.13. The zero-order valence-electron chi connectivity index (χ0n) is 17.2. The largest absolute Gasteiger partial charge is 0.497 e. The fraction of sp³-hybridized carbons (Fsp3) is 0.250. The first-order valence-corrected chi connectivity index (χ1v) is 11.4. The van der Waals surface area contributed by atoms with E-state index in [1.165, 1.54) is 4.31 Å². The van der Waals surface area contributed by atoms with Crippen molar-refractivity contribution in [2.75, 3.05) is 38.6 Å². The van der Waals surface area contributed by atoms with Crippen LogP contribution in [-0.2, 0) is 10.2 Å². The molecule has 0 amide bonds. The van der Waals surface area contributed by atoms with E-state index in [4.69, 9.17) is 9.15 Å². The number of imidazole rings is 1. The molecule has 0 atom stereocenters.